The van der Waals surface area contributed by atoms with Gasteiger partial charge < -0.3 is 20.9 Å². The Bertz CT molecular complexity index is 1150. The highest BCUT2D eigenvalue weighted by atomic mass is 19.1. The molecule has 0 bridgehead atoms. The number of hydrogen-bond donors (Lipinski definition) is 3. The average Bonchev–Trinajstić information content (AvgIpc) is 3.34. The van der Waals surface area contributed by atoms with E-state index in [1.54, 1.807) is 26.2 Å². The number of pyridine rings is 1. The molecule has 198 valence electrons. The zero-order valence-corrected chi connectivity index (χ0v) is 22.0. The smallest absolute Gasteiger partial charge is 0.237 e. The molecular weight excluding hydrogens is 469 g/mol. The van der Waals surface area contributed by atoms with E-state index in [4.69, 9.17) is 5.41 Å². The lowest BCUT2D eigenvalue weighted by molar-refractivity contribution is -0.127. The number of anilines is 2. The monoisotopic (exact) mass is 507 g/mol. The van der Waals surface area contributed by atoms with Gasteiger partial charge in [0.25, 0.3) is 0 Å². The number of nitrogens with zero attached hydrogens (tertiary/aromatic N) is 2. The van der Waals surface area contributed by atoms with E-state index in [-0.39, 0.29) is 29.1 Å². The zero-order chi connectivity index (χ0) is 26.5. The predicted molar refractivity (Wildman–Crippen MR) is 144 cm³/mol. The molecule has 4 rings (SSSR count). The molecule has 2 aliphatic rings. The van der Waals surface area contributed by atoms with Crippen LogP contribution in [0.25, 0.3) is 0 Å². The molecular formula is C29H38FN5O2. The summed E-state index contributed by atoms with van der Waals surface area (Å²) in [4.78, 5) is 33.1. The molecule has 0 saturated heterocycles. The summed E-state index contributed by atoms with van der Waals surface area (Å²) in [5.41, 5.74) is 3.42. The Balaban J connectivity index is 1.58. The number of benzene rings is 1. The lowest BCUT2D eigenvalue weighted by Crippen LogP contribution is -2.53. The molecule has 0 radical (unpaired) electrons. The van der Waals surface area contributed by atoms with Crippen LogP contribution in [0.15, 0.2) is 36.5 Å². The van der Waals surface area contributed by atoms with E-state index in [2.05, 4.69) is 20.5 Å². The van der Waals surface area contributed by atoms with Crippen LogP contribution in [0.5, 0.6) is 0 Å². The molecule has 1 aromatic carbocycles. The molecule has 0 unspecified atom stereocenters. The van der Waals surface area contributed by atoms with Gasteiger partial charge in [-0.15, -0.1) is 0 Å². The highest BCUT2D eigenvalue weighted by Crippen LogP contribution is 2.36. The molecule has 0 spiro atoms. The number of ketones is 1. The molecule has 1 aliphatic heterocycles. The summed E-state index contributed by atoms with van der Waals surface area (Å²) in [5, 5.41) is 14.8. The number of aromatic nitrogens is 1. The van der Waals surface area contributed by atoms with Gasteiger partial charge in [-0.3, -0.25) is 14.6 Å². The van der Waals surface area contributed by atoms with Crippen LogP contribution in [0.4, 0.5) is 15.8 Å². The highest BCUT2D eigenvalue weighted by Gasteiger charge is 2.36. The molecule has 1 aromatic heterocycles. The average molecular weight is 508 g/mol. The van der Waals surface area contributed by atoms with Crippen molar-refractivity contribution >= 4 is 28.8 Å². The Hall–Kier alpha value is -3.13. The van der Waals surface area contributed by atoms with Crippen molar-refractivity contribution in [3.05, 3.63) is 53.6 Å². The second-order valence-corrected chi connectivity index (χ2v) is 10.2. The van der Waals surface area contributed by atoms with Gasteiger partial charge in [0.15, 0.2) is 5.78 Å². The molecule has 2 heterocycles. The Labute approximate surface area is 218 Å². The van der Waals surface area contributed by atoms with Crippen molar-refractivity contribution in [1.29, 1.82) is 5.41 Å². The fourth-order valence-corrected chi connectivity index (χ4v) is 5.59. The largest absolute Gasteiger partial charge is 0.344 e. The highest BCUT2D eigenvalue weighted by molar-refractivity contribution is 6.42. The van der Waals surface area contributed by atoms with Crippen molar-refractivity contribution in [3.8, 4) is 0 Å². The molecule has 3 N–H and O–H groups in total. The minimum atomic E-state index is -0.707. The van der Waals surface area contributed by atoms with Crippen molar-refractivity contribution in [1.82, 2.24) is 15.6 Å². The van der Waals surface area contributed by atoms with E-state index in [1.807, 2.05) is 25.1 Å². The topological polar surface area (TPSA) is 98.2 Å². The van der Waals surface area contributed by atoms with Gasteiger partial charge in [0.1, 0.15) is 5.82 Å². The van der Waals surface area contributed by atoms with Crippen molar-refractivity contribution in [2.45, 2.75) is 76.8 Å². The second kappa shape index (κ2) is 11.9. The van der Waals surface area contributed by atoms with Crippen LogP contribution in [0, 0.1) is 17.1 Å². The number of amides is 1. The van der Waals surface area contributed by atoms with Crippen LogP contribution < -0.4 is 15.5 Å². The SMILES string of the molecule is CC[C@H](C(=N)C(=O)[C@@H](NC(=O)[C@H](C)NC)C1CCCCC1)c1cc(N2CCc3ccc(F)cc32)ccn1. The lowest BCUT2D eigenvalue weighted by Gasteiger charge is -2.32. The number of carbonyl (C=O) groups is 2. The van der Waals surface area contributed by atoms with Gasteiger partial charge in [0.2, 0.25) is 5.91 Å². The third kappa shape index (κ3) is 5.90. The molecule has 1 saturated carbocycles. The van der Waals surface area contributed by atoms with Gasteiger partial charge in [-0.05, 0) is 75.4 Å². The quantitative estimate of drug-likeness (QED) is 0.406. The fourth-order valence-electron chi connectivity index (χ4n) is 5.59. The number of carbonyl (C=O) groups excluding carboxylic acids is 2. The zero-order valence-electron chi connectivity index (χ0n) is 22.0. The molecule has 1 fully saturated rings. The Morgan fingerprint density at radius 3 is 2.65 bits per heavy atom. The Morgan fingerprint density at radius 2 is 1.95 bits per heavy atom. The molecule has 1 aliphatic carbocycles. The molecule has 3 atom stereocenters. The maximum absolute atomic E-state index is 14.0. The maximum Gasteiger partial charge on any atom is 0.237 e. The summed E-state index contributed by atoms with van der Waals surface area (Å²) in [6.07, 6.45) is 7.97. The minimum Gasteiger partial charge on any atom is -0.344 e. The molecule has 2 aromatic rings. The summed E-state index contributed by atoms with van der Waals surface area (Å²) in [6.45, 7) is 4.43. The summed E-state index contributed by atoms with van der Waals surface area (Å²) in [5.74, 6) is -1.29. The van der Waals surface area contributed by atoms with Gasteiger partial charge in [0.05, 0.1) is 23.5 Å². The number of nitrogens with one attached hydrogen (secondary N) is 3. The summed E-state index contributed by atoms with van der Waals surface area (Å²) < 4.78 is 14.0. The van der Waals surface area contributed by atoms with Gasteiger partial charge in [-0.2, -0.15) is 0 Å². The number of hydrogen-bond acceptors (Lipinski definition) is 6. The van der Waals surface area contributed by atoms with E-state index in [1.165, 1.54) is 6.07 Å². The lowest BCUT2D eigenvalue weighted by atomic mass is 9.79. The molecule has 1 amide bonds. The first-order valence-corrected chi connectivity index (χ1v) is 13.5. The van der Waals surface area contributed by atoms with Gasteiger partial charge >= 0.3 is 0 Å². The molecule has 7 nitrogen and oxygen atoms in total. The number of rotatable bonds is 10. The van der Waals surface area contributed by atoms with Crippen LogP contribution in [0.1, 0.15) is 69.5 Å². The van der Waals surface area contributed by atoms with E-state index in [0.717, 1.165) is 62.0 Å². The van der Waals surface area contributed by atoms with Crippen molar-refractivity contribution in [2.24, 2.45) is 5.92 Å². The number of halogens is 1. The van der Waals surface area contributed by atoms with E-state index < -0.39 is 18.0 Å². The van der Waals surface area contributed by atoms with Gasteiger partial charge in [-0.25, -0.2) is 4.39 Å². The number of fused-ring (bicyclic) bond motifs is 1. The molecule has 37 heavy (non-hydrogen) atoms. The van der Waals surface area contributed by atoms with Crippen molar-refractivity contribution in [2.75, 3.05) is 18.5 Å². The van der Waals surface area contributed by atoms with Crippen LogP contribution in [-0.2, 0) is 16.0 Å². The molecule has 8 heteroatoms. The Kier molecular flexibility index (Phi) is 8.69. The first-order valence-electron chi connectivity index (χ1n) is 13.5. The van der Waals surface area contributed by atoms with Crippen LogP contribution in [0.2, 0.25) is 0 Å². The van der Waals surface area contributed by atoms with E-state index >= 15 is 0 Å². The normalized spacial score (nSPS) is 18.1. The maximum atomic E-state index is 14.0. The Morgan fingerprint density at radius 1 is 1.19 bits per heavy atom. The first-order chi connectivity index (χ1) is 17.8. The summed E-state index contributed by atoms with van der Waals surface area (Å²) >= 11 is 0. The van der Waals surface area contributed by atoms with E-state index in [9.17, 15) is 14.0 Å². The summed E-state index contributed by atoms with van der Waals surface area (Å²) in [6, 6.07) is 7.51. The van der Waals surface area contributed by atoms with Crippen molar-refractivity contribution < 1.29 is 14.0 Å². The third-order valence-electron chi connectivity index (χ3n) is 7.93. The predicted octanol–water partition coefficient (Wildman–Crippen LogP) is 4.67. The van der Waals surface area contributed by atoms with Crippen LogP contribution in [0.3, 0.4) is 0 Å². The summed E-state index contributed by atoms with van der Waals surface area (Å²) in [7, 11) is 1.71. The van der Waals surface area contributed by atoms with Crippen LogP contribution in [-0.4, -0.2) is 48.1 Å². The minimum absolute atomic E-state index is 0.0204. The fraction of sp³-hybridized carbons (Fsp3) is 0.517. The standard InChI is InChI=1S/C29H38FN5O2/c1-4-23(24-17-22(12-14-33-24)35-15-13-19-10-11-21(30)16-25(19)35)26(31)28(36)27(20-8-6-5-7-9-20)34-29(37)18(2)32-3/h10-12,14,16-18,20,23,27,31-32H,4-9,13,15H2,1-3H3,(H,34,37)/t18-,23-,27-/m0/s1. The van der Waals surface area contributed by atoms with Crippen molar-refractivity contribution in [3.63, 3.8) is 0 Å². The third-order valence-corrected chi connectivity index (χ3v) is 7.93. The van der Waals surface area contributed by atoms with Crippen LogP contribution >= 0.6 is 0 Å². The van der Waals surface area contributed by atoms with Gasteiger partial charge in [0, 0.05) is 30.0 Å². The second-order valence-electron chi connectivity index (χ2n) is 10.2. The van der Waals surface area contributed by atoms with E-state index in [0.29, 0.717) is 12.1 Å². The number of Topliss-reactive ketones (excluding diaryl/α,β-unsaturated/α-hetero) is 1. The first kappa shape index (κ1) is 26.9. The van der Waals surface area contributed by atoms with Gasteiger partial charge in [-0.1, -0.05) is 32.3 Å². The number of likely N-dealkylation sites (N-methyl/N-ethyl adjacent to an activating group) is 1.